The van der Waals surface area contributed by atoms with Gasteiger partial charge in [0, 0.05) is 0 Å². The molecule has 22 heavy (non-hydrogen) atoms. The summed E-state index contributed by atoms with van der Waals surface area (Å²) in [5.74, 6) is 0.541. The minimum absolute atomic E-state index is 0.0602. The van der Waals surface area contributed by atoms with Gasteiger partial charge in [0.2, 0.25) is 11.8 Å². The molecule has 1 heterocycles. The summed E-state index contributed by atoms with van der Waals surface area (Å²) in [4.78, 5) is 25.9. The zero-order valence-corrected chi connectivity index (χ0v) is 13.0. The van der Waals surface area contributed by atoms with Crippen LogP contribution in [0.1, 0.15) is 44.1 Å². The topological polar surface area (TPSA) is 49.4 Å². The van der Waals surface area contributed by atoms with Gasteiger partial charge in [-0.1, -0.05) is 49.6 Å². The molecule has 1 aliphatic carbocycles. The van der Waals surface area contributed by atoms with Gasteiger partial charge in [-0.3, -0.25) is 14.5 Å². The van der Waals surface area contributed by atoms with Crippen LogP contribution in [0.5, 0.6) is 0 Å². The van der Waals surface area contributed by atoms with Crippen molar-refractivity contribution in [3.8, 4) is 0 Å². The Kier molecular flexibility index (Phi) is 4.88. The van der Waals surface area contributed by atoms with Crippen molar-refractivity contribution in [1.29, 1.82) is 0 Å². The summed E-state index contributed by atoms with van der Waals surface area (Å²) in [6.07, 6.45) is 6.72. The molecule has 4 heteroatoms. The van der Waals surface area contributed by atoms with Crippen LogP contribution in [0.3, 0.4) is 0 Å². The maximum atomic E-state index is 12.4. The molecule has 1 aromatic rings. The van der Waals surface area contributed by atoms with Crippen LogP contribution < -0.4 is 5.32 Å². The lowest BCUT2D eigenvalue weighted by Crippen LogP contribution is -2.40. The summed E-state index contributed by atoms with van der Waals surface area (Å²) in [5, 5.41) is 3.34. The molecule has 1 aliphatic heterocycles. The number of rotatable bonds is 5. The summed E-state index contributed by atoms with van der Waals surface area (Å²) in [6, 6.07) is 9.37. The Hall–Kier alpha value is -1.68. The van der Waals surface area contributed by atoms with Crippen LogP contribution in [0, 0.1) is 5.92 Å². The summed E-state index contributed by atoms with van der Waals surface area (Å²) in [5.41, 5.74) is 0.997. The first-order valence-corrected chi connectivity index (χ1v) is 8.35. The van der Waals surface area contributed by atoms with Crippen LogP contribution in [-0.2, 0) is 16.1 Å². The largest absolute Gasteiger partial charge is 0.305 e. The summed E-state index contributed by atoms with van der Waals surface area (Å²) in [7, 11) is 0. The van der Waals surface area contributed by atoms with Gasteiger partial charge in [0.05, 0.1) is 19.0 Å². The van der Waals surface area contributed by atoms with Crippen molar-refractivity contribution in [2.75, 3.05) is 6.54 Å². The zero-order valence-electron chi connectivity index (χ0n) is 13.0. The van der Waals surface area contributed by atoms with Crippen molar-refractivity contribution in [3.05, 3.63) is 35.9 Å². The molecule has 0 spiro atoms. The number of hydrogen-bond donors (Lipinski definition) is 1. The molecule has 0 bridgehead atoms. The molecule has 1 N–H and O–H groups in total. The van der Waals surface area contributed by atoms with Gasteiger partial charge in [-0.05, 0) is 30.9 Å². The molecule has 2 fully saturated rings. The number of benzene rings is 1. The Labute approximate surface area is 131 Å². The second kappa shape index (κ2) is 7.05. The van der Waals surface area contributed by atoms with Crippen molar-refractivity contribution < 1.29 is 9.59 Å². The quantitative estimate of drug-likeness (QED) is 0.850. The van der Waals surface area contributed by atoms with E-state index in [2.05, 4.69) is 5.32 Å². The van der Waals surface area contributed by atoms with E-state index in [1.807, 2.05) is 30.3 Å². The van der Waals surface area contributed by atoms with E-state index in [4.69, 9.17) is 0 Å². The van der Waals surface area contributed by atoms with E-state index >= 15 is 0 Å². The highest BCUT2D eigenvalue weighted by atomic mass is 16.2. The van der Waals surface area contributed by atoms with Crippen LogP contribution in [0.25, 0.3) is 0 Å². The van der Waals surface area contributed by atoms with Crippen molar-refractivity contribution in [2.45, 2.75) is 51.1 Å². The molecule has 118 valence electrons. The molecule has 1 saturated heterocycles. The monoisotopic (exact) mass is 300 g/mol. The predicted molar refractivity (Wildman–Crippen MR) is 85.0 cm³/mol. The molecule has 0 aromatic heterocycles. The van der Waals surface area contributed by atoms with Crippen molar-refractivity contribution in [1.82, 2.24) is 10.2 Å². The molecule has 3 rings (SSSR count). The first-order chi connectivity index (χ1) is 10.7. The van der Waals surface area contributed by atoms with Gasteiger partial charge < -0.3 is 5.32 Å². The van der Waals surface area contributed by atoms with E-state index in [1.165, 1.54) is 37.0 Å². The Balaban J connectivity index is 1.54. The molecular weight excluding hydrogens is 276 g/mol. The third-order valence-corrected chi connectivity index (χ3v) is 4.81. The van der Waals surface area contributed by atoms with Crippen LogP contribution in [0.4, 0.5) is 0 Å². The number of hydrogen-bond acceptors (Lipinski definition) is 3. The van der Waals surface area contributed by atoms with Crippen molar-refractivity contribution >= 4 is 11.8 Å². The highest BCUT2D eigenvalue weighted by Gasteiger charge is 2.38. The zero-order chi connectivity index (χ0) is 15.4. The average molecular weight is 300 g/mol. The van der Waals surface area contributed by atoms with Crippen molar-refractivity contribution in [3.63, 3.8) is 0 Å². The standard InChI is InChI=1S/C18H24N2O2/c21-17-11-16(19-12-14-7-3-1-4-8-14)18(22)20(17)13-15-9-5-2-6-10-15/h2,5-6,9-10,14,16,19H,1,3-4,7-8,11-13H2/t16-/m1/s1. The predicted octanol–water partition coefficient (Wildman–Crippen LogP) is 2.48. The Morgan fingerprint density at radius 1 is 1.05 bits per heavy atom. The molecule has 4 nitrogen and oxygen atoms in total. The molecule has 2 amide bonds. The first kappa shape index (κ1) is 15.2. The minimum atomic E-state index is -0.321. The third-order valence-electron chi connectivity index (χ3n) is 4.81. The number of nitrogens with zero attached hydrogens (tertiary/aromatic N) is 1. The van der Waals surface area contributed by atoms with Crippen molar-refractivity contribution in [2.24, 2.45) is 5.92 Å². The summed E-state index contributed by atoms with van der Waals surface area (Å²) >= 11 is 0. The number of carbonyl (C=O) groups is 2. The minimum Gasteiger partial charge on any atom is -0.305 e. The number of nitrogens with one attached hydrogen (secondary N) is 1. The Bertz CT molecular complexity index is 523. The molecule has 2 aliphatic rings. The van der Waals surface area contributed by atoms with Crippen LogP contribution in [-0.4, -0.2) is 29.3 Å². The van der Waals surface area contributed by atoms with Gasteiger partial charge in [0.15, 0.2) is 0 Å². The smallest absolute Gasteiger partial charge is 0.247 e. The van der Waals surface area contributed by atoms with Crippen LogP contribution in [0.2, 0.25) is 0 Å². The Morgan fingerprint density at radius 3 is 2.50 bits per heavy atom. The van der Waals surface area contributed by atoms with E-state index in [0.29, 0.717) is 18.9 Å². The molecule has 1 atom stereocenters. The third kappa shape index (κ3) is 3.55. The fraction of sp³-hybridized carbons (Fsp3) is 0.556. The molecular formula is C18H24N2O2. The lowest BCUT2D eigenvalue weighted by Gasteiger charge is -2.23. The SMILES string of the molecule is O=C1C[C@@H](NCC2CCCCC2)C(=O)N1Cc1ccccc1. The highest BCUT2D eigenvalue weighted by Crippen LogP contribution is 2.24. The molecule has 0 unspecified atom stereocenters. The van der Waals surface area contributed by atoms with Crippen LogP contribution in [0.15, 0.2) is 30.3 Å². The van der Waals surface area contributed by atoms with Gasteiger partial charge in [-0.15, -0.1) is 0 Å². The second-order valence-corrected chi connectivity index (χ2v) is 6.47. The molecule has 0 radical (unpaired) electrons. The van der Waals surface area contributed by atoms with Crippen LogP contribution >= 0.6 is 0 Å². The number of likely N-dealkylation sites (tertiary alicyclic amines) is 1. The Morgan fingerprint density at radius 2 is 1.77 bits per heavy atom. The van der Waals surface area contributed by atoms with E-state index in [1.54, 1.807) is 0 Å². The fourth-order valence-corrected chi connectivity index (χ4v) is 3.47. The fourth-order valence-electron chi connectivity index (χ4n) is 3.47. The summed E-state index contributed by atoms with van der Waals surface area (Å²) in [6.45, 7) is 1.25. The maximum Gasteiger partial charge on any atom is 0.247 e. The normalized spacial score (nSPS) is 23.3. The van der Waals surface area contributed by atoms with E-state index in [9.17, 15) is 9.59 Å². The lowest BCUT2D eigenvalue weighted by molar-refractivity contribution is -0.139. The van der Waals surface area contributed by atoms with Gasteiger partial charge in [0.25, 0.3) is 0 Å². The van der Waals surface area contributed by atoms with E-state index in [-0.39, 0.29) is 17.9 Å². The van der Waals surface area contributed by atoms with Gasteiger partial charge in [0.1, 0.15) is 0 Å². The maximum absolute atomic E-state index is 12.4. The van der Waals surface area contributed by atoms with E-state index < -0.39 is 0 Å². The summed E-state index contributed by atoms with van der Waals surface area (Å²) < 4.78 is 0. The van der Waals surface area contributed by atoms with Gasteiger partial charge >= 0.3 is 0 Å². The first-order valence-electron chi connectivity index (χ1n) is 8.35. The second-order valence-electron chi connectivity index (χ2n) is 6.47. The number of amides is 2. The number of carbonyl (C=O) groups excluding carboxylic acids is 2. The lowest BCUT2D eigenvalue weighted by atomic mass is 9.89. The highest BCUT2D eigenvalue weighted by molar-refractivity contribution is 6.05. The molecule has 1 saturated carbocycles. The number of imide groups is 1. The van der Waals surface area contributed by atoms with Gasteiger partial charge in [-0.25, -0.2) is 0 Å². The van der Waals surface area contributed by atoms with E-state index in [0.717, 1.165) is 12.1 Å². The van der Waals surface area contributed by atoms with Gasteiger partial charge in [-0.2, -0.15) is 0 Å². The average Bonchev–Trinajstić information content (AvgIpc) is 2.82. The molecule has 1 aromatic carbocycles.